The molecule has 2 N–H and O–H groups in total. The molecule has 24 heavy (non-hydrogen) atoms. The van der Waals surface area contributed by atoms with Gasteiger partial charge in [0, 0.05) is 6.20 Å². The van der Waals surface area contributed by atoms with Crippen molar-refractivity contribution in [3.63, 3.8) is 0 Å². The molecule has 2 aromatic rings. The number of carbonyl (C=O) groups excluding carboxylic acids is 2. The molecule has 5 nitrogen and oxygen atoms in total. The van der Waals surface area contributed by atoms with Crippen LogP contribution < -0.4 is 10.6 Å². The summed E-state index contributed by atoms with van der Waals surface area (Å²) in [5.41, 5.74) is 2.72. The summed E-state index contributed by atoms with van der Waals surface area (Å²) in [7, 11) is 0. The SMILES string of the molecule is CCc1ccc(C(NC(=O)C(=O)Nc2cccnc2)C(C)C)cc1. The van der Waals surface area contributed by atoms with E-state index in [0.29, 0.717) is 5.69 Å². The topological polar surface area (TPSA) is 71.1 Å². The second-order valence-electron chi connectivity index (χ2n) is 5.99. The Balaban J connectivity index is 2.06. The molecule has 0 aliphatic heterocycles. The molecule has 1 atom stereocenters. The van der Waals surface area contributed by atoms with Crippen molar-refractivity contribution < 1.29 is 9.59 Å². The Morgan fingerprint density at radius 2 is 1.79 bits per heavy atom. The van der Waals surface area contributed by atoms with E-state index >= 15 is 0 Å². The number of carbonyl (C=O) groups is 2. The summed E-state index contributed by atoms with van der Waals surface area (Å²) in [6.07, 6.45) is 4.06. The van der Waals surface area contributed by atoms with Gasteiger partial charge in [-0.2, -0.15) is 0 Å². The van der Waals surface area contributed by atoms with Gasteiger partial charge in [-0.15, -0.1) is 0 Å². The third kappa shape index (κ3) is 4.65. The van der Waals surface area contributed by atoms with E-state index in [1.54, 1.807) is 18.3 Å². The maximum absolute atomic E-state index is 12.2. The highest BCUT2D eigenvalue weighted by atomic mass is 16.2. The summed E-state index contributed by atoms with van der Waals surface area (Å²) in [5.74, 6) is -1.19. The van der Waals surface area contributed by atoms with Crippen LogP contribution in [0.5, 0.6) is 0 Å². The molecule has 2 rings (SSSR count). The van der Waals surface area contributed by atoms with E-state index < -0.39 is 11.8 Å². The van der Waals surface area contributed by atoms with Crippen molar-refractivity contribution in [2.45, 2.75) is 33.2 Å². The Kier molecular flexibility index (Phi) is 6.07. The summed E-state index contributed by atoms with van der Waals surface area (Å²) >= 11 is 0. The predicted molar refractivity (Wildman–Crippen MR) is 94.4 cm³/mol. The van der Waals surface area contributed by atoms with Crippen LogP contribution in [0, 0.1) is 5.92 Å². The number of rotatable bonds is 5. The van der Waals surface area contributed by atoms with Crippen LogP contribution in [0.2, 0.25) is 0 Å². The van der Waals surface area contributed by atoms with Crippen molar-refractivity contribution in [2.24, 2.45) is 5.92 Å². The minimum Gasteiger partial charge on any atom is -0.341 e. The predicted octanol–water partition coefficient (Wildman–Crippen LogP) is 3.10. The van der Waals surface area contributed by atoms with Gasteiger partial charge in [-0.05, 0) is 35.6 Å². The third-order valence-electron chi connectivity index (χ3n) is 3.83. The van der Waals surface area contributed by atoms with E-state index in [4.69, 9.17) is 0 Å². The molecule has 5 heteroatoms. The summed E-state index contributed by atoms with van der Waals surface area (Å²) in [6, 6.07) is 11.3. The van der Waals surface area contributed by atoms with Crippen LogP contribution in [0.4, 0.5) is 5.69 Å². The molecule has 0 saturated heterocycles. The molecule has 0 saturated carbocycles. The van der Waals surface area contributed by atoms with Gasteiger partial charge in [-0.1, -0.05) is 45.0 Å². The van der Waals surface area contributed by atoms with E-state index in [9.17, 15) is 9.59 Å². The fourth-order valence-electron chi connectivity index (χ4n) is 2.43. The number of nitrogens with one attached hydrogen (secondary N) is 2. The standard InChI is InChI=1S/C19H23N3O2/c1-4-14-7-9-15(10-8-14)17(13(2)3)22-19(24)18(23)21-16-6-5-11-20-12-16/h5-13,17H,4H2,1-3H3,(H,21,23)(H,22,24). The number of aromatic nitrogens is 1. The van der Waals surface area contributed by atoms with Gasteiger partial charge in [0.25, 0.3) is 0 Å². The molecular weight excluding hydrogens is 302 g/mol. The largest absolute Gasteiger partial charge is 0.341 e. The fraction of sp³-hybridized carbons (Fsp3) is 0.316. The lowest BCUT2D eigenvalue weighted by atomic mass is 9.95. The van der Waals surface area contributed by atoms with Gasteiger partial charge in [-0.3, -0.25) is 14.6 Å². The third-order valence-corrected chi connectivity index (χ3v) is 3.83. The maximum Gasteiger partial charge on any atom is 0.313 e. The van der Waals surface area contributed by atoms with E-state index in [0.717, 1.165) is 12.0 Å². The summed E-state index contributed by atoms with van der Waals surface area (Å²) in [4.78, 5) is 28.2. The zero-order chi connectivity index (χ0) is 17.5. The van der Waals surface area contributed by atoms with Crippen molar-refractivity contribution >= 4 is 17.5 Å². The zero-order valence-corrected chi connectivity index (χ0v) is 14.2. The summed E-state index contributed by atoms with van der Waals surface area (Å²) in [5, 5.41) is 5.36. The van der Waals surface area contributed by atoms with Crippen molar-refractivity contribution in [2.75, 3.05) is 5.32 Å². The highest BCUT2D eigenvalue weighted by Gasteiger charge is 2.22. The number of nitrogens with zero attached hydrogens (tertiary/aromatic N) is 1. The van der Waals surface area contributed by atoms with Gasteiger partial charge in [0.1, 0.15) is 0 Å². The molecule has 0 radical (unpaired) electrons. The lowest BCUT2D eigenvalue weighted by molar-refractivity contribution is -0.136. The number of pyridine rings is 1. The molecule has 0 spiro atoms. The fourth-order valence-corrected chi connectivity index (χ4v) is 2.43. The maximum atomic E-state index is 12.2. The first-order chi connectivity index (χ1) is 11.5. The Bertz CT molecular complexity index is 682. The van der Waals surface area contributed by atoms with E-state index in [2.05, 4.69) is 22.5 Å². The van der Waals surface area contributed by atoms with Crippen molar-refractivity contribution in [1.29, 1.82) is 0 Å². The first kappa shape index (κ1) is 17.7. The number of aryl methyl sites for hydroxylation is 1. The normalized spacial score (nSPS) is 11.8. The monoisotopic (exact) mass is 325 g/mol. The number of anilines is 1. The van der Waals surface area contributed by atoms with Crippen molar-refractivity contribution in [3.05, 3.63) is 59.9 Å². The Hall–Kier alpha value is -2.69. The highest BCUT2D eigenvalue weighted by Crippen LogP contribution is 2.22. The minimum atomic E-state index is -0.696. The van der Waals surface area contributed by atoms with Crippen LogP contribution in [-0.2, 0) is 16.0 Å². The number of hydrogen-bond acceptors (Lipinski definition) is 3. The lowest BCUT2D eigenvalue weighted by Crippen LogP contribution is -2.39. The van der Waals surface area contributed by atoms with Crippen LogP contribution in [0.25, 0.3) is 0 Å². The van der Waals surface area contributed by atoms with Crippen LogP contribution >= 0.6 is 0 Å². The van der Waals surface area contributed by atoms with Gasteiger partial charge in [0.05, 0.1) is 17.9 Å². The molecule has 1 heterocycles. The quantitative estimate of drug-likeness (QED) is 0.830. The molecular formula is C19H23N3O2. The number of amides is 2. The van der Waals surface area contributed by atoms with Crippen LogP contribution in [-0.4, -0.2) is 16.8 Å². The average molecular weight is 325 g/mol. The van der Waals surface area contributed by atoms with Gasteiger partial charge < -0.3 is 10.6 Å². The Morgan fingerprint density at radius 1 is 1.08 bits per heavy atom. The Morgan fingerprint density at radius 3 is 2.33 bits per heavy atom. The van der Waals surface area contributed by atoms with Crippen LogP contribution in [0.15, 0.2) is 48.8 Å². The molecule has 1 aromatic carbocycles. The minimum absolute atomic E-state index is 0.160. The molecule has 0 fully saturated rings. The number of hydrogen-bond donors (Lipinski definition) is 2. The van der Waals surface area contributed by atoms with Crippen molar-refractivity contribution in [3.8, 4) is 0 Å². The molecule has 1 aromatic heterocycles. The van der Waals surface area contributed by atoms with Gasteiger partial charge in [0.2, 0.25) is 0 Å². The highest BCUT2D eigenvalue weighted by molar-refractivity contribution is 6.39. The molecule has 0 aliphatic rings. The first-order valence-corrected chi connectivity index (χ1v) is 8.12. The van der Waals surface area contributed by atoms with E-state index in [1.165, 1.54) is 11.8 Å². The van der Waals surface area contributed by atoms with E-state index in [1.807, 2.05) is 38.1 Å². The van der Waals surface area contributed by atoms with Crippen LogP contribution in [0.3, 0.4) is 0 Å². The number of benzene rings is 1. The molecule has 0 bridgehead atoms. The molecule has 1 unspecified atom stereocenters. The summed E-state index contributed by atoms with van der Waals surface area (Å²) < 4.78 is 0. The van der Waals surface area contributed by atoms with Gasteiger partial charge in [-0.25, -0.2) is 0 Å². The molecule has 0 aliphatic carbocycles. The zero-order valence-electron chi connectivity index (χ0n) is 14.2. The van der Waals surface area contributed by atoms with Crippen LogP contribution in [0.1, 0.15) is 37.9 Å². The van der Waals surface area contributed by atoms with Crippen molar-refractivity contribution in [1.82, 2.24) is 10.3 Å². The average Bonchev–Trinajstić information content (AvgIpc) is 2.60. The summed E-state index contributed by atoms with van der Waals surface area (Å²) in [6.45, 7) is 6.12. The van der Waals surface area contributed by atoms with E-state index in [-0.39, 0.29) is 12.0 Å². The lowest BCUT2D eigenvalue weighted by Gasteiger charge is -2.23. The smallest absolute Gasteiger partial charge is 0.313 e. The van der Waals surface area contributed by atoms with Gasteiger partial charge in [0.15, 0.2) is 0 Å². The second kappa shape index (κ2) is 8.24. The van der Waals surface area contributed by atoms with Gasteiger partial charge >= 0.3 is 11.8 Å². The molecule has 126 valence electrons. The first-order valence-electron chi connectivity index (χ1n) is 8.12. The molecule has 2 amide bonds. The second-order valence-corrected chi connectivity index (χ2v) is 5.99. The Labute approximate surface area is 142 Å².